The fraction of sp³-hybridized carbons (Fsp3) is 0.800. The van der Waals surface area contributed by atoms with E-state index in [1.807, 2.05) is 19.0 Å². The molecule has 0 radical (unpaired) electrons. The zero-order valence-corrected chi connectivity index (χ0v) is 12.6. The van der Waals surface area contributed by atoms with Gasteiger partial charge in [0.25, 0.3) is 0 Å². The van der Waals surface area contributed by atoms with Gasteiger partial charge in [-0.15, -0.1) is 18.6 Å². The van der Waals surface area contributed by atoms with E-state index in [1.165, 1.54) is 0 Å². The summed E-state index contributed by atoms with van der Waals surface area (Å²) < 4.78 is 0. The van der Waals surface area contributed by atoms with E-state index in [2.05, 4.69) is 39.9 Å². The average Bonchev–Trinajstić information content (AvgIpc) is 2.03. The Hall–Kier alpha value is 1.02. The van der Waals surface area contributed by atoms with E-state index in [0.717, 1.165) is 13.1 Å². The number of rotatable bonds is 2. The van der Waals surface area contributed by atoms with Crippen LogP contribution in [0, 0.1) is 13.8 Å². The van der Waals surface area contributed by atoms with E-state index in [1.54, 1.807) is 0 Å². The molecule has 0 atom stereocenters. The van der Waals surface area contributed by atoms with Gasteiger partial charge in [0.1, 0.15) is 0 Å². The molecule has 3 heteroatoms. The van der Waals surface area contributed by atoms with Gasteiger partial charge in [-0.05, 0) is 7.05 Å². The van der Waals surface area contributed by atoms with Crippen molar-refractivity contribution in [3.8, 4) is 0 Å². The zero-order chi connectivity index (χ0) is 10.2. The van der Waals surface area contributed by atoms with Crippen LogP contribution in [0.1, 0.15) is 20.8 Å². The van der Waals surface area contributed by atoms with Crippen molar-refractivity contribution >= 4 is 0 Å². The first-order chi connectivity index (χ1) is 5.37. The Labute approximate surface area is 110 Å². The summed E-state index contributed by atoms with van der Waals surface area (Å²) in [4.78, 5) is 2.03. The minimum Gasteiger partial charge on any atom is -0.660 e. The third kappa shape index (κ3) is 24.6. The van der Waals surface area contributed by atoms with Crippen molar-refractivity contribution in [1.82, 2.24) is 4.90 Å². The van der Waals surface area contributed by atoms with E-state index in [-0.39, 0.29) is 38.2 Å². The molecule has 0 aromatic rings. The molecule has 0 aliphatic rings. The normalized spacial score (nSPS) is 10.2. The van der Waals surface area contributed by atoms with Gasteiger partial charge in [-0.1, -0.05) is 20.8 Å². The number of hydrogen-bond donors (Lipinski definition) is 0. The van der Waals surface area contributed by atoms with Crippen molar-refractivity contribution in [3.63, 3.8) is 0 Å². The van der Waals surface area contributed by atoms with Gasteiger partial charge in [-0.3, -0.25) is 0 Å². The predicted molar refractivity (Wildman–Crippen MR) is 57.2 cm³/mol. The maximum Gasteiger partial charge on any atom is 3.00 e. The molecule has 0 amide bonds. The van der Waals surface area contributed by atoms with E-state index in [9.17, 15) is 0 Å². The zero-order valence-electron chi connectivity index (χ0n) is 9.80. The smallest absolute Gasteiger partial charge is 0.660 e. The second-order valence-electron chi connectivity index (χ2n) is 3.70. The van der Waals surface area contributed by atoms with Crippen molar-refractivity contribution in [2.24, 2.45) is 0 Å². The second kappa shape index (κ2) is 11.1. The summed E-state index contributed by atoms with van der Waals surface area (Å²) in [6.45, 7) is 15.2. The van der Waals surface area contributed by atoms with Crippen LogP contribution in [0.2, 0.25) is 0 Å². The fourth-order valence-corrected chi connectivity index (χ4v) is 0.112. The van der Waals surface area contributed by atoms with Crippen molar-refractivity contribution in [2.75, 3.05) is 27.2 Å². The maximum absolute atomic E-state index is 4.02. The van der Waals surface area contributed by atoms with Crippen molar-refractivity contribution < 1.29 is 32.7 Å². The van der Waals surface area contributed by atoms with Gasteiger partial charge in [0, 0.05) is 0 Å². The molecule has 76 valence electrons. The number of hydrogen-bond acceptors (Lipinski definition) is 1. The van der Waals surface area contributed by atoms with Gasteiger partial charge in [0.05, 0.1) is 0 Å². The van der Waals surface area contributed by atoms with Crippen molar-refractivity contribution in [1.29, 1.82) is 0 Å². The second-order valence-corrected chi connectivity index (χ2v) is 3.70. The van der Waals surface area contributed by atoms with Crippen LogP contribution in [0.4, 0.5) is 0 Å². The molecule has 0 fully saturated rings. The molecule has 0 aliphatic heterocycles. The first kappa shape index (κ1) is 19.6. The number of nitrogens with zero attached hydrogens (tertiary/aromatic N) is 2. The summed E-state index contributed by atoms with van der Waals surface area (Å²) in [7, 11) is 3.82. The quantitative estimate of drug-likeness (QED) is 0.697. The Morgan fingerprint density at radius 1 is 1.15 bits per heavy atom. The molecule has 0 saturated carbocycles. The molecule has 0 aromatic heterocycles. The van der Waals surface area contributed by atoms with E-state index < -0.39 is 0 Å². The average molecular weight is 260 g/mol. The molecular formula is C10H23N2Y. The summed E-state index contributed by atoms with van der Waals surface area (Å²) in [5, 5.41) is 4.02. The molecule has 0 bridgehead atoms. The van der Waals surface area contributed by atoms with Crippen LogP contribution < -0.4 is 0 Å². The van der Waals surface area contributed by atoms with E-state index >= 15 is 0 Å². The Bertz CT molecular complexity index is 85.4. The summed E-state index contributed by atoms with van der Waals surface area (Å²) >= 11 is 0. The van der Waals surface area contributed by atoms with Crippen LogP contribution in [0.15, 0.2) is 0 Å². The van der Waals surface area contributed by atoms with Gasteiger partial charge >= 0.3 is 32.7 Å². The molecule has 2 nitrogen and oxygen atoms in total. The molecule has 0 saturated heterocycles. The molecule has 0 spiro atoms. The van der Waals surface area contributed by atoms with Gasteiger partial charge in [-0.2, -0.15) is 7.05 Å². The first-order valence-electron chi connectivity index (χ1n) is 4.25. The standard InChI is InChI=1S/C5H12N.C5H11N.Y/c1-5(2,3)6-4;1-4-6(3)5-2;/h1-4H3;1-2,4-5H2,3H3;/q-1;-2;+3. The predicted octanol–water partition coefficient (Wildman–Crippen LogP) is 2.37. The SMILES string of the molecule is C[N-]C(C)(C)C.[CH2-]CN(C)C[CH2-].[Y+3]. The van der Waals surface area contributed by atoms with Crippen molar-refractivity contribution in [2.45, 2.75) is 26.3 Å². The van der Waals surface area contributed by atoms with Gasteiger partial charge in [0.15, 0.2) is 0 Å². The van der Waals surface area contributed by atoms with Gasteiger partial charge < -0.3 is 24.1 Å². The third-order valence-corrected chi connectivity index (χ3v) is 1.43. The summed E-state index contributed by atoms with van der Waals surface area (Å²) in [5.41, 5.74) is 0.167. The molecule has 0 aliphatic carbocycles. The Morgan fingerprint density at radius 3 is 1.38 bits per heavy atom. The van der Waals surface area contributed by atoms with E-state index in [0.29, 0.717) is 0 Å². The minimum atomic E-state index is 0. The Balaban J connectivity index is -0.000000143. The van der Waals surface area contributed by atoms with Gasteiger partial charge in [0.2, 0.25) is 0 Å². The summed E-state index contributed by atoms with van der Waals surface area (Å²) in [6.07, 6.45) is 0. The third-order valence-electron chi connectivity index (χ3n) is 1.43. The largest absolute Gasteiger partial charge is 3.00 e. The molecular weight excluding hydrogens is 237 g/mol. The molecule has 0 unspecified atom stereocenters. The topological polar surface area (TPSA) is 17.3 Å². The minimum absolute atomic E-state index is 0. The Kier molecular flexibility index (Phi) is 16.7. The van der Waals surface area contributed by atoms with Crippen LogP contribution in [0.3, 0.4) is 0 Å². The molecule has 0 rings (SSSR count). The van der Waals surface area contributed by atoms with Crippen LogP contribution in [-0.2, 0) is 32.7 Å². The first-order valence-corrected chi connectivity index (χ1v) is 4.25. The van der Waals surface area contributed by atoms with Crippen LogP contribution >= 0.6 is 0 Å². The fourth-order valence-electron chi connectivity index (χ4n) is 0.112. The van der Waals surface area contributed by atoms with Crippen molar-refractivity contribution in [3.05, 3.63) is 19.2 Å². The van der Waals surface area contributed by atoms with E-state index in [4.69, 9.17) is 0 Å². The molecule has 0 heterocycles. The van der Waals surface area contributed by atoms with Crippen LogP contribution in [0.25, 0.3) is 5.32 Å². The molecule has 0 aromatic carbocycles. The van der Waals surface area contributed by atoms with Crippen LogP contribution in [-0.4, -0.2) is 37.6 Å². The molecule has 0 N–H and O–H groups in total. The molecule has 13 heavy (non-hydrogen) atoms. The monoisotopic (exact) mass is 260 g/mol. The maximum atomic E-state index is 4.02. The Morgan fingerprint density at radius 2 is 1.38 bits per heavy atom. The summed E-state index contributed by atoms with van der Waals surface area (Å²) in [6, 6.07) is 0. The summed E-state index contributed by atoms with van der Waals surface area (Å²) in [5.74, 6) is 0. The van der Waals surface area contributed by atoms with Crippen LogP contribution in [0.5, 0.6) is 0 Å². The van der Waals surface area contributed by atoms with Gasteiger partial charge in [-0.25, -0.2) is 0 Å².